The molecule has 1 heterocycles. The van der Waals surface area contributed by atoms with E-state index in [-0.39, 0.29) is 16.8 Å². The van der Waals surface area contributed by atoms with Crippen LogP contribution in [0.4, 0.5) is 11.6 Å². The Bertz CT molecular complexity index is 1210. The number of nitrogens with zero attached hydrogens (tertiary/aromatic N) is 2. The van der Waals surface area contributed by atoms with Gasteiger partial charge in [0.05, 0.1) is 19.1 Å². The molecule has 0 aliphatic carbocycles. The van der Waals surface area contributed by atoms with Crippen LogP contribution in [0.15, 0.2) is 72.4 Å². The molecule has 0 unspecified atom stereocenters. The highest BCUT2D eigenvalue weighted by Crippen LogP contribution is 2.33. The van der Waals surface area contributed by atoms with Gasteiger partial charge >= 0.3 is 0 Å². The van der Waals surface area contributed by atoms with Crippen molar-refractivity contribution in [2.24, 2.45) is 0 Å². The van der Waals surface area contributed by atoms with Crippen LogP contribution in [0.2, 0.25) is 0 Å². The number of benzene rings is 2. The van der Waals surface area contributed by atoms with Crippen molar-refractivity contribution in [1.82, 2.24) is 9.97 Å². The van der Waals surface area contributed by atoms with Gasteiger partial charge in [0, 0.05) is 29.2 Å². The zero-order valence-electron chi connectivity index (χ0n) is 17.5. The summed E-state index contributed by atoms with van der Waals surface area (Å²) in [5, 5.41) is 2.74. The largest absolute Gasteiger partial charge is 0.493 e. The molecule has 2 aromatic carbocycles. The van der Waals surface area contributed by atoms with Crippen LogP contribution < -0.4 is 19.5 Å². The Hall–Kier alpha value is -3.92. The van der Waals surface area contributed by atoms with Crippen LogP contribution >= 0.6 is 0 Å². The molecule has 0 bridgehead atoms. The van der Waals surface area contributed by atoms with E-state index in [2.05, 4.69) is 26.6 Å². The second-order valence-corrected chi connectivity index (χ2v) is 8.20. The Morgan fingerprint density at radius 2 is 1.78 bits per heavy atom. The van der Waals surface area contributed by atoms with Crippen molar-refractivity contribution >= 4 is 27.6 Å². The van der Waals surface area contributed by atoms with Crippen LogP contribution in [0.25, 0.3) is 0 Å². The summed E-state index contributed by atoms with van der Waals surface area (Å²) in [5.74, 6) is 0.539. The number of amides is 1. The number of nitrogens with one attached hydrogen (secondary N) is 2. The van der Waals surface area contributed by atoms with Gasteiger partial charge in [-0.1, -0.05) is 6.08 Å². The molecule has 0 aliphatic heterocycles. The summed E-state index contributed by atoms with van der Waals surface area (Å²) in [4.78, 5) is 20.5. The summed E-state index contributed by atoms with van der Waals surface area (Å²) in [6.45, 7) is 3.72. The number of ether oxygens (including phenoxy) is 2. The number of sulfonamides is 1. The van der Waals surface area contributed by atoms with Crippen molar-refractivity contribution in [3.05, 3.63) is 78.6 Å². The van der Waals surface area contributed by atoms with Gasteiger partial charge in [-0.15, -0.1) is 6.58 Å². The highest BCUT2D eigenvalue weighted by atomic mass is 32.2. The van der Waals surface area contributed by atoms with Gasteiger partial charge in [0.15, 0.2) is 11.5 Å². The maximum atomic E-state index is 12.8. The number of anilines is 2. The molecule has 1 aromatic heterocycles. The summed E-state index contributed by atoms with van der Waals surface area (Å²) >= 11 is 0. The molecule has 32 heavy (non-hydrogen) atoms. The standard InChI is InChI=1S/C22H22N4O5S/c1-4-6-15-13-16(14-19(30-2)20(15)31-3)21(27)25-17-7-9-18(10-8-17)32(28,29)26-22-23-11-5-12-24-22/h4-5,7-14H,1,6H2,2-3H3,(H,25,27)(H,23,24,26). The number of carbonyl (C=O) groups excluding carboxylic acids is 1. The minimum absolute atomic E-state index is 0.00216. The van der Waals surface area contributed by atoms with Crippen LogP contribution in [0.3, 0.4) is 0 Å². The van der Waals surface area contributed by atoms with Gasteiger partial charge in [-0.2, -0.15) is 0 Å². The second-order valence-electron chi connectivity index (χ2n) is 6.52. The van der Waals surface area contributed by atoms with Gasteiger partial charge in [0.1, 0.15) is 0 Å². The SMILES string of the molecule is C=CCc1cc(C(=O)Nc2ccc(S(=O)(=O)Nc3ncccn3)cc2)cc(OC)c1OC. The molecule has 1 amide bonds. The van der Waals surface area contributed by atoms with Crippen molar-refractivity contribution in [1.29, 1.82) is 0 Å². The molecule has 0 fully saturated rings. The number of carbonyl (C=O) groups is 1. The van der Waals surface area contributed by atoms with E-state index in [1.807, 2.05) is 0 Å². The summed E-state index contributed by atoms with van der Waals surface area (Å²) < 4.78 is 38.0. The Labute approximate surface area is 186 Å². The molecule has 3 rings (SSSR count). The van der Waals surface area contributed by atoms with E-state index in [1.165, 1.54) is 50.9 Å². The molecular formula is C22H22N4O5S. The van der Waals surface area contributed by atoms with Gasteiger partial charge in [0.25, 0.3) is 15.9 Å². The van der Waals surface area contributed by atoms with E-state index < -0.39 is 10.0 Å². The monoisotopic (exact) mass is 454 g/mol. The first-order valence-corrected chi connectivity index (χ1v) is 10.9. The minimum Gasteiger partial charge on any atom is -0.493 e. The predicted octanol–water partition coefficient (Wildman–Crippen LogP) is 3.28. The van der Waals surface area contributed by atoms with Gasteiger partial charge in [-0.3, -0.25) is 4.79 Å². The van der Waals surface area contributed by atoms with E-state index in [9.17, 15) is 13.2 Å². The first kappa shape index (κ1) is 22.8. The van der Waals surface area contributed by atoms with E-state index in [0.29, 0.717) is 29.2 Å². The fourth-order valence-electron chi connectivity index (χ4n) is 2.93. The van der Waals surface area contributed by atoms with Gasteiger partial charge in [-0.25, -0.2) is 23.1 Å². The van der Waals surface area contributed by atoms with Crippen molar-refractivity contribution in [3.8, 4) is 11.5 Å². The Kier molecular flexibility index (Phi) is 7.06. The van der Waals surface area contributed by atoms with Crippen LogP contribution in [0.5, 0.6) is 11.5 Å². The summed E-state index contributed by atoms with van der Waals surface area (Å²) in [6.07, 6.45) is 5.05. The molecule has 0 spiro atoms. The number of hydrogen-bond acceptors (Lipinski definition) is 7. The first-order chi connectivity index (χ1) is 15.4. The fraction of sp³-hybridized carbons (Fsp3) is 0.136. The number of aromatic nitrogens is 2. The maximum Gasteiger partial charge on any atom is 0.264 e. The van der Waals surface area contributed by atoms with Gasteiger partial charge in [0.2, 0.25) is 5.95 Å². The Morgan fingerprint density at radius 1 is 1.09 bits per heavy atom. The molecule has 9 nitrogen and oxygen atoms in total. The zero-order chi connectivity index (χ0) is 23.1. The number of rotatable bonds is 9. The third kappa shape index (κ3) is 5.22. The smallest absolute Gasteiger partial charge is 0.264 e. The lowest BCUT2D eigenvalue weighted by Crippen LogP contribution is -2.15. The van der Waals surface area contributed by atoms with Gasteiger partial charge < -0.3 is 14.8 Å². The molecule has 10 heteroatoms. The molecule has 3 aromatic rings. The molecule has 0 atom stereocenters. The third-order valence-corrected chi connectivity index (χ3v) is 5.74. The zero-order valence-corrected chi connectivity index (χ0v) is 18.3. The first-order valence-electron chi connectivity index (χ1n) is 9.45. The highest BCUT2D eigenvalue weighted by Gasteiger charge is 2.18. The van der Waals surface area contributed by atoms with Crippen LogP contribution in [-0.2, 0) is 16.4 Å². The number of hydrogen-bond donors (Lipinski definition) is 2. The lowest BCUT2D eigenvalue weighted by atomic mass is 10.0. The maximum absolute atomic E-state index is 12.8. The summed E-state index contributed by atoms with van der Waals surface area (Å²) in [6, 6.07) is 10.6. The molecule has 0 saturated heterocycles. The Morgan fingerprint density at radius 3 is 2.38 bits per heavy atom. The Balaban J connectivity index is 1.79. The van der Waals surface area contributed by atoms with Gasteiger partial charge in [-0.05, 0) is 48.9 Å². The average molecular weight is 455 g/mol. The van der Waals surface area contributed by atoms with Crippen LogP contribution in [0, 0.1) is 0 Å². The predicted molar refractivity (Wildman–Crippen MR) is 121 cm³/mol. The summed E-state index contributed by atoms with van der Waals surface area (Å²) in [7, 11) is -0.850. The van der Waals surface area contributed by atoms with Crippen molar-refractivity contribution in [2.75, 3.05) is 24.3 Å². The summed E-state index contributed by atoms with van der Waals surface area (Å²) in [5.41, 5.74) is 1.53. The molecular weight excluding hydrogens is 432 g/mol. The van der Waals surface area contributed by atoms with E-state index in [1.54, 1.807) is 24.3 Å². The van der Waals surface area contributed by atoms with Crippen molar-refractivity contribution in [3.63, 3.8) is 0 Å². The van der Waals surface area contributed by atoms with Crippen LogP contribution in [-0.4, -0.2) is 38.5 Å². The van der Waals surface area contributed by atoms with Crippen LogP contribution in [0.1, 0.15) is 15.9 Å². The quantitative estimate of drug-likeness (QED) is 0.476. The molecule has 0 aliphatic rings. The van der Waals surface area contributed by atoms with E-state index in [0.717, 1.165) is 5.56 Å². The minimum atomic E-state index is -3.87. The molecule has 0 saturated carbocycles. The second kappa shape index (κ2) is 9.92. The van der Waals surface area contributed by atoms with Crippen molar-refractivity contribution < 1.29 is 22.7 Å². The van der Waals surface area contributed by atoms with E-state index >= 15 is 0 Å². The highest BCUT2D eigenvalue weighted by molar-refractivity contribution is 7.92. The topological polar surface area (TPSA) is 120 Å². The average Bonchev–Trinajstić information content (AvgIpc) is 2.79. The lowest BCUT2D eigenvalue weighted by Gasteiger charge is -2.14. The number of methoxy groups -OCH3 is 2. The molecule has 0 radical (unpaired) electrons. The fourth-order valence-corrected chi connectivity index (χ4v) is 3.89. The van der Waals surface area contributed by atoms with Crippen molar-refractivity contribution in [2.45, 2.75) is 11.3 Å². The molecule has 2 N–H and O–H groups in total. The lowest BCUT2D eigenvalue weighted by molar-refractivity contribution is 0.102. The third-order valence-electron chi connectivity index (χ3n) is 4.40. The number of allylic oxidation sites excluding steroid dienone is 1. The normalized spacial score (nSPS) is 10.8. The molecule has 166 valence electrons. The van der Waals surface area contributed by atoms with E-state index in [4.69, 9.17) is 9.47 Å².